The van der Waals surface area contributed by atoms with Gasteiger partial charge in [-0.05, 0) is 31.4 Å². The second-order valence-electron chi connectivity index (χ2n) is 6.63. The number of hydrogen-bond acceptors (Lipinski definition) is 4. The van der Waals surface area contributed by atoms with Gasteiger partial charge in [-0.15, -0.1) is 0 Å². The number of aromatic nitrogens is 1. The Labute approximate surface area is 140 Å². The van der Waals surface area contributed by atoms with E-state index in [1.165, 1.54) is 0 Å². The Morgan fingerprint density at radius 1 is 1.33 bits per heavy atom. The molecule has 2 amide bonds. The molecule has 1 N–H and O–H groups in total. The molecule has 2 aliphatic heterocycles. The van der Waals surface area contributed by atoms with E-state index in [1.54, 1.807) is 35.3 Å². The molecule has 1 atom stereocenters. The van der Waals surface area contributed by atoms with Crippen LogP contribution in [0.25, 0.3) is 0 Å². The van der Waals surface area contributed by atoms with Crippen molar-refractivity contribution in [2.75, 3.05) is 20.1 Å². The predicted octanol–water partition coefficient (Wildman–Crippen LogP) is 0.928. The Bertz CT molecular complexity index is 695. The van der Waals surface area contributed by atoms with Crippen molar-refractivity contribution in [3.05, 3.63) is 29.6 Å². The number of carbonyl (C=O) groups excluding carboxylic acids is 2. The number of nitrogens with zero attached hydrogens (tertiary/aromatic N) is 3. The fourth-order valence-electron chi connectivity index (χ4n) is 3.94. The van der Waals surface area contributed by atoms with Crippen molar-refractivity contribution in [2.24, 2.45) is 5.92 Å². The van der Waals surface area contributed by atoms with Gasteiger partial charge in [0, 0.05) is 39.0 Å². The summed E-state index contributed by atoms with van der Waals surface area (Å²) in [6.45, 7) is 2.74. The van der Waals surface area contributed by atoms with Crippen LogP contribution in [0.2, 0.25) is 0 Å². The zero-order valence-electron chi connectivity index (χ0n) is 13.9. The molecule has 7 heteroatoms. The average Bonchev–Trinajstić information content (AvgIpc) is 2.81. The largest absolute Gasteiger partial charge is 0.481 e. The highest BCUT2D eigenvalue weighted by Crippen LogP contribution is 2.43. The smallest absolute Gasteiger partial charge is 0.309 e. The molecule has 2 fully saturated rings. The van der Waals surface area contributed by atoms with Crippen LogP contribution in [-0.4, -0.2) is 63.4 Å². The Morgan fingerprint density at radius 3 is 2.58 bits per heavy atom. The molecular formula is C17H21N3O4. The lowest BCUT2D eigenvalue weighted by molar-refractivity contribution is -0.145. The van der Waals surface area contributed by atoms with Crippen molar-refractivity contribution >= 4 is 17.8 Å². The standard InChI is InChI=1S/C17H21N3O4/c1-11-3-6-18-10-12(11)15(22)20-7-4-17(5-8-20)13(16(23)24)9-14(21)19(17)2/h3,6,10,13H,4-5,7-9H2,1-2H3,(H,23,24)/t13-/m1/s1. The summed E-state index contributed by atoms with van der Waals surface area (Å²) in [5.41, 5.74) is 0.759. The molecule has 0 radical (unpaired) electrons. The first kappa shape index (κ1) is 16.4. The van der Waals surface area contributed by atoms with Crippen LogP contribution in [0.3, 0.4) is 0 Å². The molecule has 2 aliphatic rings. The minimum atomic E-state index is -0.935. The van der Waals surface area contributed by atoms with Gasteiger partial charge in [-0.1, -0.05) is 0 Å². The van der Waals surface area contributed by atoms with Gasteiger partial charge in [0.25, 0.3) is 5.91 Å². The second-order valence-corrected chi connectivity index (χ2v) is 6.63. The van der Waals surface area contributed by atoms with E-state index in [-0.39, 0.29) is 18.2 Å². The molecule has 2 saturated heterocycles. The van der Waals surface area contributed by atoms with Crippen LogP contribution in [0, 0.1) is 12.8 Å². The van der Waals surface area contributed by atoms with Crippen LogP contribution in [0.1, 0.15) is 35.2 Å². The Hall–Kier alpha value is -2.44. The van der Waals surface area contributed by atoms with Crippen LogP contribution in [0.5, 0.6) is 0 Å². The number of piperidine rings is 1. The zero-order valence-corrected chi connectivity index (χ0v) is 13.9. The molecule has 0 unspecified atom stereocenters. The molecule has 3 rings (SSSR count). The van der Waals surface area contributed by atoms with Gasteiger partial charge in [0.15, 0.2) is 0 Å². The number of pyridine rings is 1. The fraction of sp³-hybridized carbons (Fsp3) is 0.529. The monoisotopic (exact) mass is 331 g/mol. The lowest BCUT2D eigenvalue weighted by atomic mass is 9.77. The third kappa shape index (κ3) is 2.44. The van der Waals surface area contributed by atoms with E-state index in [4.69, 9.17) is 0 Å². The SMILES string of the molecule is Cc1ccncc1C(=O)N1CCC2(CC1)[C@@H](C(=O)O)CC(=O)N2C. The Kier molecular flexibility index (Phi) is 4.03. The molecule has 0 saturated carbocycles. The van der Waals surface area contributed by atoms with Gasteiger partial charge in [-0.3, -0.25) is 19.4 Å². The Morgan fingerprint density at radius 2 is 2.00 bits per heavy atom. The van der Waals surface area contributed by atoms with Gasteiger partial charge in [0.1, 0.15) is 0 Å². The molecule has 3 heterocycles. The van der Waals surface area contributed by atoms with Gasteiger partial charge >= 0.3 is 5.97 Å². The summed E-state index contributed by atoms with van der Waals surface area (Å²) in [7, 11) is 1.67. The van der Waals surface area contributed by atoms with E-state index < -0.39 is 17.4 Å². The van der Waals surface area contributed by atoms with Gasteiger partial charge in [-0.25, -0.2) is 0 Å². The lowest BCUT2D eigenvalue weighted by Gasteiger charge is -2.45. The maximum absolute atomic E-state index is 12.7. The molecule has 0 bridgehead atoms. The summed E-state index contributed by atoms with van der Waals surface area (Å²) in [4.78, 5) is 43.6. The van der Waals surface area contributed by atoms with Crippen LogP contribution in [0.15, 0.2) is 18.5 Å². The topological polar surface area (TPSA) is 90.8 Å². The molecule has 128 valence electrons. The molecule has 0 aliphatic carbocycles. The van der Waals surface area contributed by atoms with Gasteiger partial charge < -0.3 is 14.9 Å². The summed E-state index contributed by atoms with van der Waals surface area (Å²) in [6, 6.07) is 1.79. The van der Waals surface area contributed by atoms with Gasteiger partial charge in [0.05, 0.1) is 17.0 Å². The summed E-state index contributed by atoms with van der Waals surface area (Å²) in [6.07, 6.45) is 4.22. The van der Waals surface area contributed by atoms with Crippen LogP contribution >= 0.6 is 0 Å². The second kappa shape index (κ2) is 5.89. The molecule has 24 heavy (non-hydrogen) atoms. The highest BCUT2D eigenvalue weighted by atomic mass is 16.4. The van der Waals surface area contributed by atoms with Crippen molar-refractivity contribution in [3.63, 3.8) is 0 Å². The maximum Gasteiger partial charge on any atom is 0.309 e. The zero-order chi connectivity index (χ0) is 17.5. The lowest BCUT2D eigenvalue weighted by Crippen LogP contribution is -2.57. The van der Waals surface area contributed by atoms with Crippen molar-refractivity contribution in [3.8, 4) is 0 Å². The number of amides is 2. The maximum atomic E-state index is 12.7. The quantitative estimate of drug-likeness (QED) is 0.870. The van der Waals surface area contributed by atoms with Crippen LogP contribution in [-0.2, 0) is 9.59 Å². The first-order valence-electron chi connectivity index (χ1n) is 8.06. The first-order valence-corrected chi connectivity index (χ1v) is 8.06. The summed E-state index contributed by atoms with van der Waals surface area (Å²) < 4.78 is 0. The van der Waals surface area contributed by atoms with E-state index in [1.807, 2.05) is 6.92 Å². The number of aryl methyl sites for hydroxylation is 1. The number of carbonyl (C=O) groups is 3. The summed E-state index contributed by atoms with van der Waals surface area (Å²) in [5, 5.41) is 9.49. The Balaban J connectivity index is 1.78. The van der Waals surface area contributed by atoms with Gasteiger partial charge in [-0.2, -0.15) is 0 Å². The normalized spacial score (nSPS) is 22.9. The number of carboxylic acid groups (broad SMARTS) is 1. The minimum Gasteiger partial charge on any atom is -0.481 e. The van der Waals surface area contributed by atoms with E-state index in [0.29, 0.717) is 31.5 Å². The summed E-state index contributed by atoms with van der Waals surface area (Å²) >= 11 is 0. The predicted molar refractivity (Wildman–Crippen MR) is 85.4 cm³/mol. The van der Waals surface area contributed by atoms with E-state index in [0.717, 1.165) is 5.56 Å². The number of likely N-dealkylation sites (tertiary alicyclic amines) is 2. The van der Waals surface area contributed by atoms with Crippen LogP contribution in [0.4, 0.5) is 0 Å². The van der Waals surface area contributed by atoms with E-state index >= 15 is 0 Å². The van der Waals surface area contributed by atoms with Gasteiger partial charge in [0.2, 0.25) is 5.91 Å². The summed E-state index contributed by atoms with van der Waals surface area (Å²) in [5.74, 6) is -1.86. The van der Waals surface area contributed by atoms with Crippen molar-refractivity contribution in [2.45, 2.75) is 31.7 Å². The minimum absolute atomic E-state index is 0.0431. The molecule has 7 nitrogen and oxygen atoms in total. The number of carboxylic acids is 1. The number of rotatable bonds is 2. The third-order valence-corrected chi connectivity index (χ3v) is 5.55. The average molecular weight is 331 g/mol. The third-order valence-electron chi connectivity index (χ3n) is 5.55. The van der Waals surface area contributed by atoms with Crippen molar-refractivity contribution in [1.82, 2.24) is 14.8 Å². The highest BCUT2D eigenvalue weighted by Gasteiger charge is 2.55. The molecule has 1 aromatic rings. The molecule has 1 spiro atoms. The number of hydrogen-bond donors (Lipinski definition) is 1. The molecule has 0 aromatic carbocycles. The molecule has 1 aromatic heterocycles. The number of aliphatic carboxylic acids is 1. The first-order chi connectivity index (χ1) is 11.4. The van der Waals surface area contributed by atoms with Crippen molar-refractivity contribution < 1.29 is 19.5 Å². The molecular weight excluding hydrogens is 310 g/mol. The van der Waals surface area contributed by atoms with Crippen LogP contribution < -0.4 is 0 Å². The van der Waals surface area contributed by atoms with E-state index in [2.05, 4.69) is 4.98 Å². The van der Waals surface area contributed by atoms with Crippen molar-refractivity contribution in [1.29, 1.82) is 0 Å². The highest BCUT2D eigenvalue weighted by molar-refractivity contribution is 5.95. The fourth-order valence-corrected chi connectivity index (χ4v) is 3.94. The van der Waals surface area contributed by atoms with E-state index in [9.17, 15) is 19.5 Å².